The van der Waals surface area contributed by atoms with Gasteiger partial charge in [0, 0.05) is 30.7 Å². The van der Waals surface area contributed by atoms with Gasteiger partial charge >= 0.3 is 0 Å². The largest absolute Gasteiger partial charge is 0.383 e. The standard InChI is InChI=1S/C17H16FN3/c1-21(2)14-7-6-12-9-15(17(19)20-16(12)10-14)11-4-3-5-13(18)8-11/h3-10H,1-2H3,(H2,19,20). The van der Waals surface area contributed by atoms with Crippen LogP contribution in [0.4, 0.5) is 15.9 Å². The van der Waals surface area contributed by atoms with Gasteiger partial charge in [-0.2, -0.15) is 0 Å². The lowest BCUT2D eigenvalue weighted by atomic mass is 10.0. The van der Waals surface area contributed by atoms with Gasteiger partial charge in [0.15, 0.2) is 0 Å². The maximum atomic E-state index is 13.4. The molecule has 0 amide bonds. The number of anilines is 2. The maximum absolute atomic E-state index is 13.4. The van der Waals surface area contributed by atoms with Gasteiger partial charge in [-0.05, 0) is 35.9 Å². The van der Waals surface area contributed by atoms with Crippen molar-refractivity contribution in [1.29, 1.82) is 0 Å². The molecule has 4 heteroatoms. The number of hydrogen-bond acceptors (Lipinski definition) is 3. The molecule has 3 nitrogen and oxygen atoms in total. The van der Waals surface area contributed by atoms with E-state index in [-0.39, 0.29) is 5.82 Å². The van der Waals surface area contributed by atoms with E-state index in [1.165, 1.54) is 12.1 Å². The maximum Gasteiger partial charge on any atom is 0.132 e. The summed E-state index contributed by atoms with van der Waals surface area (Å²) in [6.07, 6.45) is 0. The van der Waals surface area contributed by atoms with Crippen molar-refractivity contribution in [2.45, 2.75) is 0 Å². The van der Waals surface area contributed by atoms with Gasteiger partial charge in [0.05, 0.1) is 5.52 Å². The summed E-state index contributed by atoms with van der Waals surface area (Å²) in [6, 6.07) is 14.3. The molecule has 3 aromatic rings. The number of aromatic nitrogens is 1. The van der Waals surface area contributed by atoms with E-state index in [4.69, 9.17) is 5.73 Å². The zero-order chi connectivity index (χ0) is 15.0. The molecule has 0 unspecified atom stereocenters. The van der Waals surface area contributed by atoms with Gasteiger partial charge < -0.3 is 10.6 Å². The Kier molecular flexibility index (Phi) is 3.22. The Morgan fingerprint density at radius 2 is 1.86 bits per heavy atom. The zero-order valence-corrected chi connectivity index (χ0v) is 12.0. The predicted octanol–water partition coefficient (Wildman–Crippen LogP) is 3.69. The van der Waals surface area contributed by atoms with Crippen LogP contribution in [0.25, 0.3) is 22.0 Å². The third-order valence-electron chi connectivity index (χ3n) is 3.48. The van der Waals surface area contributed by atoms with Crippen molar-refractivity contribution < 1.29 is 4.39 Å². The van der Waals surface area contributed by atoms with Crippen molar-refractivity contribution in [3.05, 3.63) is 54.3 Å². The van der Waals surface area contributed by atoms with E-state index in [0.29, 0.717) is 5.82 Å². The van der Waals surface area contributed by atoms with Crippen LogP contribution in [0, 0.1) is 5.82 Å². The van der Waals surface area contributed by atoms with Crippen LogP contribution in [0.1, 0.15) is 0 Å². The SMILES string of the molecule is CN(C)c1ccc2cc(-c3cccc(F)c3)c(N)nc2c1. The normalized spacial score (nSPS) is 10.8. The number of hydrogen-bond donors (Lipinski definition) is 1. The first-order valence-corrected chi connectivity index (χ1v) is 6.68. The van der Waals surface area contributed by atoms with E-state index in [1.807, 2.05) is 49.3 Å². The first-order chi connectivity index (χ1) is 10.0. The Balaban J connectivity index is 2.18. The monoisotopic (exact) mass is 281 g/mol. The summed E-state index contributed by atoms with van der Waals surface area (Å²) in [7, 11) is 3.96. The molecule has 21 heavy (non-hydrogen) atoms. The highest BCUT2D eigenvalue weighted by molar-refractivity contribution is 5.90. The molecule has 0 saturated heterocycles. The van der Waals surface area contributed by atoms with Gasteiger partial charge in [-0.3, -0.25) is 0 Å². The van der Waals surface area contributed by atoms with E-state index < -0.39 is 0 Å². The molecule has 1 aromatic heterocycles. The van der Waals surface area contributed by atoms with Crippen LogP contribution in [-0.2, 0) is 0 Å². The highest BCUT2D eigenvalue weighted by Crippen LogP contribution is 2.30. The van der Waals surface area contributed by atoms with Crippen LogP contribution < -0.4 is 10.6 Å². The Hall–Kier alpha value is -2.62. The summed E-state index contributed by atoms with van der Waals surface area (Å²) in [5, 5.41) is 0.981. The topological polar surface area (TPSA) is 42.1 Å². The molecule has 0 radical (unpaired) electrons. The molecule has 0 spiro atoms. The number of fused-ring (bicyclic) bond motifs is 1. The predicted molar refractivity (Wildman–Crippen MR) is 85.9 cm³/mol. The van der Waals surface area contributed by atoms with Gasteiger partial charge in [0.25, 0.3) is 0 Å². The molecule has 0 fully saturated rings. The minimum absolute atomic E-state index is 0.282. The Morgan fingerprint density at radius 1 is 1.05 bits per heavy atom. The second-order valence-corrected chi connectivity index (χ2v) is 5.20. The smallest absolute Gasteiger partial charge is 0.132 e. The number of benzene rings is 2. The molecule has 2 aromatic carbocycles. The van der Waals surface area contributed by atoms with Gasteiger partial charge in [-0.15, -0.1) is 0 Å². The number of nitrogens with two attached hydrogens (primary N) is 1. The summed E-state index contributed by atoms with van der Waals surface area (Å²) in [4.78, 5) is 6.47. The van der Waals surface area contributed by atoms with Crippen LogP contribution in [-0.4, -0.2) is 19.1 Å². The number of pyridine rings is 1. The average molecular weight is 281 g/mol. The molecule has 2 N–H and O–H groups in total. The molecular formula is C17H16FN3. The lowest BCUT2D eigenvalue weighted by Gasteiger charge is -2.14. The molecule has 0 saturated carbocycles. The highest BCUT2D eigenvalue weighted by Gasteiger charge is 2.08. The van der Waals surface area contributed by atoms with Crippen molar-refractivity contribution in [1.82, 2.24) is 4.98 Å². The fourth-order valence-electron chi connectivity index (χ4n) is 2.34. The van der Waals surface area contributed by atoms with Gasteiger partial charge in [-0.1, -0.05) is 18.2 Å². The highest BCUT2D eigenvalue weighted by atomic mass is 19.1. The fraction of sp³-hybridized carbons (Fsp3) is 0.118. The first-order valence-electron chi connectivity index (χ1n) is 6.68. The van der Waals surface area contributed by atoms with E-state index in [9.17, 15) is 4.39 Å². The van der Waals surface area contributed by atoms with Crippen molar-refractivity contribution in [3.8, 4) is 11.1 Å². The van der Waals surface area contributed by atoms with Crippen LogP contribution in [0.5, 0.6) is 0 Å². The molecule has 0 bridgehead atoms. The molecule has 106 valence electrons. The molecule has 0 aliphatic rings. The fourth-order valence-corrected chi connectivity index (χ4v) is 2.34. The van der Waals surface area contributed by atoms with E-state index in [2.05, 4.69) is 4.98 Å². The second-order valence-electron chi connectivity index (χ2n) is 5.20. The molecule has 3 rings (SSSR count). The molecule has 0 atom stereocenters. The van der Waals surface area contributed by atoms with Crippen molar-refractivity contribution in [2.75, 3.05) is 24.7 Å². The molecular weight excluding hydrogens is 265 g/mol. The number of halogens is 1. The molecule has 1 heterocycles. The minimum Gasteiger partial charge on any atom is -0.383 e. The van der Waals surface area contributed by atoms with E-state index in [0.717, 1.165) is 27.7 Å². The van der Waals surface area contributed by atoms with Crippen LogP contribution in [0.2, 0.25) is 0 Å². The van der Waals surface area contributed by atoms with Crippen LogP contribution in [0.3, 0.4) is 0 Å². The van der Waals surface area contributed by atoms with Gasteiger partial charge in [0.2, 0.25) is 0 Å². The van der Waals surface area contributed by atoms with Crippen LogP contribution in [0.15, 0.2) is 48.5 Å². The van der Waals surface area contributed by atoms with Crippen molar-refractivity contribution in [3.63, 3.8) is 0 Å². The third-order valence-corrected chi connectivity index (χ3v) is 3.48. The lowest BCUT2D eigenvalue weighted by molar-refractivity contribution is 0.628. The molecule has 0 aliphatic heterocycles. The van der Waals surface area contributed by atoms with E-state index >= 15 is 0 Å². The van der Waals surface area contributed by atoms with Crippen LogP contribution >= 0.6 is 0 Å². The summed E-state index contributed by atoms with van der Waals surface area (Å²) >= 11 is 0. The number of nitrogen functional groups attached to an aromatic ring is 1. The summed E-state index contributed by atoms with van der Waals surface area (Å²) < 4.78 is 13.4. The van der Waals surface area contributed by atoms with Crippen molar-refractivity contribution in [2.24, 2.45) is 0 Å². The Bertz CT molecular complexity index is 812. The first kappa shape index (κ1) is 13.4. The average Bonchev–Trinajstić information content (AvgIpc) is 2.45. The second kappa shape index (κ2) is 5.05. The summed E-state index contributed by atoms with van der Waals surface area (Å²) in [5.41, 5.74) is 9.43. The molecule has 0 aliphatic carbocycles. The number of rotatable bonds is 2. The Morgan fingerprint density at radius 3 is 2.57 bits per heavy atom. The van der Waals surface area contributed by atoms with Crippen molar-refractivity contribution >= 4 is 22.4 Å². The lowest BCUT2D eigenvalue weighted by Crippen LogP contribution is -2.08. The summed E-state index contributed by atoms with van der Waals surface area (Å²) in [5.74, 6) is 0.124. The summed E-state index contributed by atoms with van der Waals surface area (Å²) in [6.45, 7) is 0. The van der Waals surface area contributed by atoms with Gasteiger partial charge in [-0.25, -0.2) is 9.37 Å². The van der Waals surface area contributed by atoms with Gasteiger partial charge in [0.1, 0.15) is 11.6 Å². The minimum atomic E-state index is -0.282. The Labute approximate surface area is 122 Å². The quantitative estimate of drug-likeness (QED) is 0.779. The van der Waals surface area contributed by atoms with E-state index in [1.54, 1.807) is 6.07 Å². The zero-order valence-electron chi connectivity index (χ0n) is 12.0. The number of nitrogens with zero attached hydrogens (tertiary/aromatic N) is 2. The third kappa shape index (κ3) is 2.52.